The van der Waals surface area contributed by atoms with E-state index in [2.05, 4.69) is 0 Å². The van der Waals surface area contributed by atoms with Gasteiger partial charge in [0, 0.05) is 56.4 Å². The molecule has 0 saturated carbocycles. The quantitative estimate of drug-likeness (QED) is 0.551. The predicted octanol–water partition coefficient (Wildman–Crippen LogP) is 0.0492. The van der Waals surface area contributed by atoms with E-state index >= 15 is 0 Å². The van der Waals surface area contributed by atoms with Crippen molar-refractivity contribution in [1.29, 1.82) is 0 Å². The molecular weight excluding hydrogens is 152 g/mol. The Morgan fingerprint density at radius 3 is 0.417 bits per heavy atom. The fraction of sp³-hybridized carbons (Fsp3) is 1.00. The van der Waals surface area contributed by atoms with Gasteiger partial charge in [0.15, 0.2) is 0 Å². The highest BCUT2D eigenvalue weighted by Gasteiger charge is 1.85. The Morgan fingerprint density at radius 1 is 0.333 bits per heavy atom. The third-order valence-corrected chi connectivity index (χ3v) is 1.60. The normalized spacial score (nSPS) is 11.0. The highest BCUT2D eigenvalue weighted by atomic mass is 15.6. The zero-order chi connectivity index (χ0) is 10.3. The van der Waals surface area contributed by atoms with Gasteiger partial charge in [0.05, 0.1) is 0 Å². The van der Waals surface area contributed by atoms with E-state index in [4.69, 9.17) is 0 Å². The van der Waals surface area contributed by atoms with Gasteiger partial charge in [-0.25, -0.2) is 20.0 Å². The van der Waals surface area contributed by atoms with Gasteiger partial charge in [0.25, 0.3) is 0 Å². The van der Waals surface area contributed by atoms with Crippen molar-refractivity contribution in [2.75, 3.05) is 56.4 Å². The lowest BCUT2D eigenvalue weighted by Gasteiger charge is -2.17. The number of rotatable bonds is 2. The van der Waals surface area contributed by atoms with Gasteiger partial charge in [-0.15, -0.1) is 0 Å². The third-order valence-electron chi connectivity index (χ3n) is 1.60. The molecule has 0 aromatic carbocycles. The van der Waals surface area contributed by atoms with Crippen LogP contribution < -0.4 is 0 Å². The van der Waals surface area contributed by atoms with Crippen LogP contribution in [0.5, 0.6) is 0 Å². The largest absolute Gasteiger partial charge is 0.248 e. The molecule has 12 heavy (non-hydrogen) atoms. The monoisotopic (exact) mass is 176 g/mol. The van der Waals surface area contributed by atoms with Crippen LogP contribution in [0, 0.1) is 0 Å². The minimum atomic E-state index is 2.00. The fourth-order valence-corrected chi connectivity index (χ4v) is 0. The minimum absolute atomic E-state index is 2.00. The molecule has 0 aliphatic rings. The van der Waals surface area contributed by atoms with E-state index in [-0.39, 0.29) is 0 Å². The molecule has 0 bridgehead atoms. The summed E-state index contributed by atoms with van der Waals surface area (Å²) in [5, 5.41) is 8.00. The SMILES string of the molecule is CN(C)N(C)C.CN(C)N(C)C. The van der Waals surface area contributed by atoms with Crippen LogP contribution in [0.3, 0.4) is 0 Å². The second-order valence-corrected chi connectivity index (χ2v) is 3.39. The average molecular weight is 176 g/mol. The van der Waals surface area contributed by atoms with Crippen LogP contribution in [0.2, 0.25) is 0 Å². The van der Waals surface area contributed by atoms with Crippen LogP contribution in [0.4, 0.5) is 0 Å². The molecule has 4 nitrogen and oxygen atoms in total. The average Bonchev–Trinajstić information content (AvgIpc) is 1.88. The predicted molar refractivity (Wildman–Crippen MR) is 54.7 cm³/mol. The van der Waals surface area contributed by atoms with Gasteiger partial charge < -0.3 is 0 Å². The lowest BCUT2D eigenvalue weighted by Crippen LogP contribution is -2.28. The number of hydrogen-bond acceptors (Lipinski definition) is 4. The van der Waals surface area contributed by atoms with Gasteiger partial charge in [-0.05, 0) is 0 Å². The lowest BCUT2D eigenvalue weighted by molar-refractivity contribution is 0.0894. The maximum Gasteiger partial charge on any atom is 0.00151 e. The maximum atomic E-state index is 2.00. The Bertz CT molecular complexity index is 65.1. The van der Waals surface area contributed by atoms with Gasteiger partial charge in [0.1, 0.15) is 0 Å². The summed E-state index contributed by atoms with van der Waals surface area (Å²) < 4.78 is 0. The second-order valence-electron chi connectivity index (χ2n) is 3.39. The minimum Gasteiger partial charge on any atom is -0.248 e. The first-order valence-corrected chi connectivity index (χ1v) is 3.98. The first-order valence-electron chi connectivity index (χ1n) is 3.98. The molecule has 0 unspecified atom stereocenters. The van der Waals surface area contributed by atoms with Gasteiger partial charge in [-0.3, -0.25) is 0 Å². The van der Waals surface area contributed by atoms with Crippen LogP contribution in [0.25, 0.3) is 0 Å². The molecule has 0 spiro atoms. The van der Waals surface area contributed by atoms with Crippen molar-refractivity contribution >= 4 is 0 Å². The van der Waals surface area contributed by atoms with E-state index < -0.39 is 0 Å². The summed E-state index contributed by atoms with van der Waals surface area (Å²) in [6.07, 6.45) is 0. The van der Waals surface area contributed by atoms with E-state index in [9.17, 15) is 0 Å². The Kier molecular flexibility index (Phi) is 8.97. The maximum absolute atomic E-state index is 2.00. The van der Waals surface area contributed by atoms with Gasteiger partial charge in [-0.1, -0.05) is 0 Å². The molecule has 0 fully saturated rings. The summed E-state index contributed by atoms with van der Waals surface area (Å²) >= 11 is 0. The Labute approximate surface area is 77.3 Å². The van der Waals surface area contributed by atoms with E-state index in [0.29, 0.717) is 0 Å². The van der Waals surface area contributed by atoms with Crippen molar-refractivity contribution < 1.29 is 0 Å². The molecule has 0 aliphatic heterocycles. The van der Waals surface area contributed by atoms with E-state index in [1.165, 1.54) is 0 Å². The number of nitrogens with zero attached hydrogens (tertiary/aromatic N) is 4. The Morgan fingerprint density at radius 2 is 0.417 bits per heavy atom. The molecule has 0 aromatic heterocycles. The molecule has 0 heterocycles. The molecule has 0 N–H and O–H groups in total. The van der Waals surface area contributed by atoms with Crippen LogP contribution in [-0.2, 0) is 0 Å². The van der Waals surface area contributed by atoms with Crippen molar-refractivity contribution in [3.8, 4) is 0 Å². The smallest absolute Gasteiger partial charge is 0.00151 e. The first-order chi connectivity index (χ1) is 5.29. The van der Waals surface area contributed by atoms with E-state index in [1.54, 1.807) is 0 Å². The Balaban J connectivity index is 0. The molecule has 0 rings (SSSR count). The van der Waals surface area contributed by atoms with Crippen LogP contribution in [0.1, 0.15) is 0 Å². The van der Waals surface area contributed by atoms with Crippen LogP contribution in [-0.4, -0.2) is 76.4 Å². The zero-order valence-electron chi connectivity index (χ0n) is 9.79. The van der Waals surface area contributed by atoms with Gasteiger partial charge >= 0.3 is 0 Å². The van der Waals surface area contributed by atoms with Gasteiger partial charge in [0.2, 0.25) is 0 Å². The van der Waals surface area contributed by atoms with Crippen molar-refractivity contribution in [2.45, 2.75) is 0 Å². The summed E-state index contributed by atoms with van der Waals surface area (Å²) in [5.41, 5.74) is 0. The summed E-state index contributed by atoms with van der Waals surface area (Å²) in [6, 6.07) is 0. The molecule has 4 heteroatoms. The molecule has 0 aromatic rings. The van der Waals surface area contributed by atoms with Crippen LogP contribution >= 0.6 is 0 Å². The highest BCUT2D eigenvalue weighted by Crippen LogP contribution is 1.73. The van der Waals surface area contributed by atoms with Crippen molar-refractivity contribution in [3.63, 3.8) is 0 Å². The summed E-state index contributed by atoms with van der Waals surface area (Å²) in [7, 11) is 16.0. The second kappa shape index (κ2) is 7.49. The molecule has 0 saturated heterocycles. The number of hydrazine groups is 2. The summed E-state index contributed by atoms with van der Waals surface area (Å²) in [5.74, 6) is 0. The third kappa shape index (κ3) is 12.5. The summed E-state index contributed by atoms with van der Waals surface area (Å²) in [6.45, 7) is 0. The van der Waals surface area contributed by atoms with E-state index in [1.807, 2.05) is 76.4 Å². The summed E-state index contributed by atoms with van der Waals surface area (Å²) in [4.78, 5) is 0. The standard InChI is InChI=1S/2C4H12N2/c2*1-5(2)6(3)4/h2*1-4H3. The zero-order valence-corrected chi connectivity index (χ0v) is 9.79. The van der Waals surface area contributed by atoms with Gasteiger partial charge in [-0.2, -0.15) is 0 Å². The topological polar surface area (TPSA) is 13.0 Å². The molecule has 0 atom stereocenters. The van der Waals surface area contributed by atoms with E-state index in [0.717, 1.165) is 0 Å². The molecular formula is C8H24N4. The van der Waals surface area contributed by atoms with Crippen molar-refractivity contribution in [2.24, 2.45) is 0 Å². The highest BCUT2D eigenvalue weighted by molar-refractivity contribution is 4.22. The fourth-order valence-electron chi connectivity index (χ4n) is 0. The molecule has 0 radical (unpaired) electrons. The molecule has 76 valence electrons. The molecule has 0 amide bonds. The van der Waals surface area contributed by atoms with Crippen molar-refractivity contribution in [3.05, 3.63) is 0 Å². The van der Waals surface area contributed by atoms with Crippen LogP contribution in [0.15, 0.2) is 0 Å². The number of hydrogen-bond donors (Lipinski definition) is 0. The van der Waals surface area contributed by atoms with Crippen molar-refractivity contribution in [1.82, 2.24) is 20.0 Å². The first kappa shape index (κ1) is 14.4. The lowest BCUT2D eigenvalue weighted by atomic mass is 11.0. The molecule has 0 aliphatic carbocycles. The Hall–Kier alpha value is -0.160.